The van der Waals surface area contributed by atoms with Crippen molar-refractivity contribution in [1.29, 1.82) is 0 Å². The summed E-state index contributed by atoms with van der Waals surface area (Å²) in [5.41, 5.74) is 3.73. The van der Waals surface area contributed by atoms with Crippen LogP contribution in [0.3, 0.4) is 0 Å². The third-order valence-electron chi connectivity index (χ3n) is 3.79. The third kappa shape index (κ3) is 8.99. The first-order valence-electron chi connectivity index (χ1n) is 9.18. The molecular weight excluding hydrogens is 352 g/mol. The van der Waals surface area contributed by atoms with Gasteiger partial charge < -0.3 is 9.84 Å². The lowest BCUT2D eigenvalue weighted by atomic mass is 10.0. The molecule has 0 saturated carbocycles. The molecule has 0 aliphatic rings. The number of hydrogen-bond acceptors (Lipinski definition) is 3. The SMILES string of the molecule is C=C/C=C(\C=C/C)CCC(=O)Oc1ccc(/C=C/C(=O)O)cc1CC=C(C)C. The van der Waals surface area contributed by atoms with Crippen LogP contribution in [0.5, 0.6) is 5.75 Å². The Labute approximate surface area is 167 Å². The first-order chi connectivity index (χ1) is 13.3. The zero-order chi connectivity index (χ0) is 20.9. The molecule has 1 N–H and O–H groups in total. The summed E-state index contributed by atoms with van der Waals surface area (Å²) in [4.78, 5) is 23.0. The van der Waals surface area contributed by atoms with Gasteiger partial charge in [0.25, 0.3) is 0 Å². The third-order valence-corrected chi connectivity index (χ3v) is 3.79. The van der Waals surface area contributed by atoms with Crippen LogP contribution in [0.1, 0.15) is 44.7 Å². The van der Waals surface area contributed by atoms with E-state index in [9.17, 15) is 9.59 Å². The molecule has 0 heterocycles. The minimum absolute atomic E-state index is 0.257. The van der Waals surface area contributed by atoms with Gasteiger partial charge in [-0.05, 0) is 68.5 Å². The molecule has 28 heavy (non-hydrogen) atoms. The summed E-state index contributed by atoms with van der Waals surface area (Å²) in [6, 6.07) is 5.28. The monoisotopic (exact) mass is 380 g/mol. The fourth-order valence-corrected chi connectivity index (χ4v) is 2.45. The number of ether oxygens (including phenoxy) is 1. The molecule has 0 spiro atoms. The van der Waals surface area contributed by atoms with Crippen molar-refractivity contribution < 1.29 is 19.4 Å². The minimum atomic E-state index is -1.01. The van der Waals surface area contributed by atoms with E-state index in [0.29, 0.717) is 18.6 Å². The summed E-state index contributed by atoms with van der Waals surface area (Å²) in [7, 11) is 0. The van der Waals surface area contributed by atoms with Crippen molar-refractivity contribution in [2.75, 3.05) is 0 Å². The second-order valence-corrected chi connectivity index (χ2v) is 6.48. The van der Waals surface area contributed by atoms with E-state index in [1.54, 1.807) is 18.2 Å². The van der Waals surface area contributed by atoms with E-state index in [-0.39, 0.29) is 12.4 Å². The highest BCUT2D eigenvalue weighted by molar-refractivity contribution is 5.85. The normalized spacial score (nSPS) is 11.6. The predicted molar refractivity (Wildman–Crippen MR) is 114 cm³/mol. The second kappa shape index (κ2) is 12.3. The van der Waals surface area contributed by atoms with Crippen molar-refractivity contribution in [3.63, 3.8) is 0 Å². The maximum atomic E-state index is 12.3. The van der Waals surface area contributed by atoms with Gasteiger partial charge in [0.15, 0.2) is 0 Å². The molecule has 0 radical (unpaired) electrons. The summed E-state index contributed by atoms with van der Waals surface area (Å²) in [6.07, 6.45) is 13.5. The van der Waals surface area contributed by atoms with Crippen molar-refractivity contribution in [2.24, 2.45) is 0 Å². The Hall–Kier alpha value is -3.14. The van der Waals surface area contributed by atoms with Crippen molar-refractivity contribution in [3.8, 4) is 5.75 Å². The van der Waals surface area contributed by atoms with Gasteiger partial charge in [-0.2, -0.15) is 0 Å². The maximum absolute atomic E-state index is 12.3. The van der Waals surface area contributed by atoms with Gasteiger partial charge in [0, 0.05) is 12.5 Å². The van der Waals surface area contributed by atoms with Gasteiger partial charge in [0.1, 0.15) is 5.75 Å². The van der Waals surface area contributed by atoms with Gasteiger partial charge in [-0.25, -0.2) is 4.79 Å². The number of esters is 1. The fraction of sp³-hybridized carbons (Fsp3) is 0.250. The molecule has 4 nitrogen and oxygen atoms in total. The van der Waals surface area contributed by atoms with Crippen LogP contribution in [0.2, 0.25) is 0 Å². The van der Waals surface area contributed by atoms with Crippen molar-refractivity contribution >= 4 is 18.0 Å². The lowest BCUT2D eigenvalue weighted by molar-refractivity contribution is -0.134. The van der Waals surface area contributed by atoms with Crippen LogP contribution < -0.4 is 4.74 Å². The molecule has 148 valence electrons. The number of carboxylic acid groups (broad SMARTS) is 1. The highest BCUT2D eigenvalue weighted by atomic mass is 16.5. The molecule has 0 aliphatic heterocycles. The Bertz CT molecular complexity index is 819. The minimum Gasteiger partial charge on any atom is -0.478 e. The lowest BCUT2D eigenvalue weighted by Gasteiger charge is -2.11. The Morgan fingerprint density at radius 3 is 2.54 bits per heavy atom. The topological polar surface area (TPSA) is 63.6 Å². The van der Waals surface area contributed by atoms with Gasteiger partial charge in [0.2, 0.25) is 0 Å². The molecule has 0 aromatic heterocycles. The Morgan fingerprint density at radius 2 is 1.93 bits per heavy atom. The fourth-order valence-electron chi connectivity index (χ4n) is 2.45. The number of carboxylic acids is 1. The summed E-state index contributed by atoms with van der Waals surface area (Å²) in [5, 5.41) is 8.79. The van der Waals surface area contributed by atoms with E-state index in [2.05, 4.69) is 6.58 Å². The van der Waals surface area contributed by atoms with E-state index >= 15 is 0 Å². The number of benzene rings is 1. The van der Waals surface area contributed by atoms with Gasteiger partial charge in [-0.3, -0.25) is 4.79 Å². The van der Waals surface area contributed by atoms with E-state index in [0.717, 1.165) is 28.3 Å². The largest absolute Gasteiger partial charge is 0.478 e. The van der Waals surface area contributed by atoms with E-state index in [1.165, 1.54) is 6.08 Å². The maximum Gasteiger partial charge on any atom is 0.328 e. The summed E-state index contributed by atoms with van der Waals surface area (Å²) in [5.74, 6) is -0.826. The van der Waals surface area contributed by atoms with Crippen LogP contribution in [0.4, 0.5) is 0 Å². The molecular formula is C24H28O4. The van der Waals surface area contributed by atoms with Gasteiger partial charge >= 0.3 is 11.9 Å². The summed E-state index contributed by atoms with van der Waals surface area (Å²) >= 11 is 0. The first-order valence-corrected chi connectivity index (χ1v) is 9.18. The van der Waals surface area contributed by atoms with Crippen LogP contribution in [0.25, 0.3) is 6.08 Å². The quantitative estimate of drug-likeness (QED) is 0.187. The summed E-state index contributed by atoms with van der Waals surface area (Å²) in [6.45, 7) is 9.59. The van der Waals surface area contributed by atoms with E-state index in [4.69, 9.17) is 9.84 Å². The predicted octanol–water partition coefficient (Wildman–Crippen LogP) is 5.67. The number of carbonyl (C=O) groups is 2. The molecule has 0 aliphatic carbocycles. The first kappa shape index (κ1) is 22.9. The second-order valence-electron chi connectivity index (χ2n) is 6.48. The van der Waals surface area contributed by atoms with E-state index in [1.807, 2.05) is 51.1 Å². The smallest absolute Gasteiger partial charge is 0.328 e. The average molecular weight is 380 g/mol. The van der Waals surface area contributed by atoms with E-state index < -0.39 is 5.97 Å². The number of hydrogen-bond donors (Lipinski definition) is 1. The standard InChI is InChI=1S/C24H28O4/c1-5-7-19(8-6-2)12-16-24(27)28-22-14-10-20(11-15-23(25)26)17-21(22)13-9-18(3)4/h5-11,14-15,17H,1,12-13,16H2,2-4H3,(H,25,26)/b8-6-,15-11+,19-7+. The van der Waals surface area contributed by atoms with Crippen LogP contribution in [-0.4, -0.2) is 17.0 Å². The number of allylic oxidation sites excluding steroid dienone is 7. The van der Waals surface area contributed by atoms with Crippen molar-refractivity contribution in [3.05, 3.63) is 83.5 Å². The van der Waals surface area contributed by atoms with Crippen molar-refractivity contribution in [2.45, 2.75) is 40.0 Å². The zero-order valence-electron chi connectivity index (χ0n) is 16.8. The average Bonchev–Trinajstić information content (AvgIpc) is 2.64. The molecule has 1 aromatic rings. The van der Waals surface area contributed by atoms with Crippen LogP contribution in [0.15, 0.2) is 72.4 Å². The van der Waals surface area contributed by atoms with Gasteiger partial charge in [-0.1, -0.05) is 48.6 Å². The highest BCUT2D eigenvalue weighted by Gasteiger charge is 2.10. The zero-order valence-corrected chi connectivity index (χ0v) is 16.8. The number of carbonyl (C=O) groups excluding carboxylic acids is 1. The number of rotatable bonds is 10. The molecule has 0 saturated heterocycles. The lowest BCUT2D eigenvalue weighted by Crippen LogP contribution is -2.09. The highest BCUT2D eigenvalue weighted by Crippen LogP contribution is 2.23. The van der Waals surface area contributed by atoms with Crippen LogP contribution >= 0.6 is 0 Å². The molecule has 0 bridgehead atoms. The van der Waals surface area contributed by atoms with Crippen molar-refractivity contribution in [1.82, 2.24) is 0 Å². The number of aliphatic carboxylic acids is 1. The molecule has 0 amide bonds. The molecule has 1 rings (SSSR count). The molecule has 0 unspecified atom stereocenters. The van der Waals surface area contributed by atoms with Crippen LogP contribution in [0, 0.1) is 0 Å². The van der Waals surface area contributed by atoms with Gasteiger partial charge in [0.05, 0.1) is 0 Å². The molecule has 0 atom stereocenters. The Kier molecular flexibility index (Phi) is 10.0. The molecule has 0 fully saturated rings. The Morgan fingerprint density at radius 1 is 1.18 bits per heavy atom. The van der Waals surface area contributed by atoms with Gasteiger partial charge in [-0.15, -0.1) is 0 Å². The Balaban J connectivity index is 2.96. The molecule has 4 heteroatoms. The molecule has 1 aromatic carbocycles. The van der Waals surface area contributed by atoms with Crippen LogP contribution in [-0.2, 0) is 16.0 Å². The summed E-state index contributed by atoms with van der Waals surface area (Å²) < 4.78 is 5.58.